The van der Waals surface area contributed by atoms with E-state index in [9.17, 15) is 26.4 Å². The molecule has 2 aromatic rings. The Morgan fingerprint density at radius 3 is 2.25 bits per heavy atom. The average molecular weight is 357 g/mol. The van der Waals surface area contributed by atoms with E-state index in [2.05, 4.69) is 0 Å². The highest BCUT2D eigenvalue weighted by atomic mass is 32.2. The topological polar surface area (TPSA) is 63.2 Å². The Bertz CT molecular complexity index is 865. The number of carbonyl (C=O) groups excluding carboxylic acids is 1. The van der Waals surface area contributed by atoms with E-state index < -0.39 is 51.1 Å². The number of nitrogens with one attached hydrogen (secondary N) is 1. The number of carbonyl (C=O) groups is 1. The molecule has 0 heterocycles. The summed E-state index contributed by atoms with van der Waals surface area (Å²) in [6, 6.07) is 7.64. The van der Waals surface area contributed by atoms with Crippen LogP contribution in [-0.2, 0) is 14.6 Å². The van der Waals surface area contributed by atoms with Gasteiger partial charge in [-0.05, 0) is 31.2 Å². The van der Waals surface area contributed by atoms with Crippen LogP contribution in [-0.4, -0.2) is 20.1 Å². The molecule has 2 rings (SSSR count). The second-order valence-corrected chi connectivity index (χ2v) is 7.26. The van der Waals surface area contributed by atoms with Crippen LogP contribution in [0, 0.1) is 24.4 Å². The van der Waals surface area contributed by atoms with Crippen molar-refractivity contribution in [2.24, 2.45) is 0 Å². The van der Waals surface area contributed by atoms with Crippen molar-refractivity contribution in [1.29, 1.82) is 0 Å². The number of anilines is 1. The molecule has 0 unspecified atom stereocenters. The fourth-order valence-corrected chi connectivity index (χ4v) is 3.17. The number of halogens is 3. The van der Waals surface area contributed by atoms with Crippen molar-refractivity contribution in [3.63, 3.8) is 0 Å². The number of rotatable bonds is 5. The molecule has 4 nitrogen and oxygen atoms in total. The summed E-state index contributed by atoms with van der Waals surface area (Å²) in [5.74, 6) is -5.94. The van der Waals surface area contributed by atoms with E-state index in [1.54, 1.807) is 19.1 Å². The molecule has 128 valence electrons. The number of aryl methyl sites for hydroxylation is 1. The van der Waals surface area contributed by atoms with Crippen LogP contribution in [0.25, 0.3) is 0 Å². The predicted molar refractivity (Wildman–Crippen MR) is 82.8 cm³/mol. The van der Waals surface area contributed by atoms with Gasteiger partial charge in [-0.15, -0.1) is 0 Å². The lowest BCUT2D eigenvalue weighted by Gasteiger charge is -2.08. The van der Waals surface area contributed by atoms with Gasteiger partial charge in [0.15, 0.2) is 27.3 Å². The van der Waals surface area contributed by atoms with E-state index >= 15 is 0 Å². The summed E-state index contributed by atoms with van der Waals surface area (Å²) in [4.78, 5) is 11.8. The number of amides is 1. The second-order valence-electron chi connectivity index (χ2n) is 5.15. The van der Waals surface area contributed by atoms with Gasteiger partial charge < -0.3 is 5.32 Å². The quantitative estimate of drug-likeness (QED) is 0.836. The summed E-state index contributed by atoms with van der Waals surface area (Å²) in [6.07, 6.45) is -0.450. The SMILES string of the molecule is Cc1ccc(S(=O)(=O)CCC(=O)Nc2ccc(F)c(F)c2F)cc1. The van der Waals surface area contributed by atoms with Gasteiger partial charge in [0, 0.05) is 6.42 Å². The maximum atomic E-state index is 13.5. The van der Waals surface area contributed by atoms with E-state index in [0.29, 0.717) is 6.07 Å². The van der Waals surface area contributed by atoms with Gasteiger partial charge in [-0.1, -0.05) is 17.7 Å². The van der Waals surface area contributed by atoms with Gasteiger partial charge in [-0.25, -0.2) is 21.6 Å². The second kappa shape index (κ2) is 7.04. The lowest BCUT2D eigenvalue weighted by Crippen LogP contribution is -2.18. The molecule has 0 spiro atoms. The van der Waals surface area contributed by atoms with E-state index in [-0.39, 0.29) is 4.90 Å². The van der Waals surface area contributed by atoms with Gasteiger partial charge in [0.05, 0.1) is 16.3 Å². The van der Waals surface area contributed by atoms with Crippen LogP contribution < -0.4 is 5.32 Å². The molecule has 0 fully saturated rings. The Kier molecular flexibility index (Phi) is 5.28. The van der Waals surface area contributed by atoms with Gasteiger partial charge in [-0.3, -0.25) is 4.79 Å². The maximum Gasteiger partial charge on any atom is 0.225 e. The van der Waals surface area contributed by atoms with Crippen molar-refractivity contribution in [3.05, 3.63) is 59.4 Å². The zero-order valence-corrected chi connectivity index (χ0v) is 13.5. The Labute approximate surface area is 137 Å². The number of sulfone groups is 1. The van der Waals surface area contributed by atoms with Crippen LogP contribution in [0.5, 0.6) is 0 Å². The normalized spacial score (nSPS) is 11.3. The largest absolute Gasteiger partial charge is 0.323 e. The summed E-state index contributed by atoms with van der Waals surface area (Å²) in [6.45, 7) is 1.81. The lowest BCUT2D eigenvalue weighted by molar-refractivity contribution is -0.115. The smallest absolute Gasteiger partial charge is 0.225 e. The van der Waals surface area contributed by atoms with Gasteiger partial charge in [0.1, 0.15) is 0 Å². The molecule has 0 radical (unpaired) electrons. The lowest BCUT2D eigenvalue weighted by atomic mass is 10.2. The van der Waals surface area contributed by atoms with Crippen LogP contribution in [0.4, 0.5) is 18.9 Å². The highest BCUT2D eigenvalue weighted by Crippen LogP contribution is 2.20. The third-order valence-corrected chi connectivity index (χ3v) is 5.02. The molecule has 1 N–H and O–H groups in total. The molecular weight excluding hydrogens is 343 g/mol. The minimum atomic E-state index is -3.68. The molecule has 1 amide bonds. The van der Waals surface area contributed by atoms with E-state index in [1.165, 1.54) is 12.1 Å². The molecule has 0 saturated carbocycles. The van der Waals surface area contributed by atoms with Crippen molar-refractivity contribution >= 4 is 21.4 Å². The van der Waals surface area contributed by atoms with Crippen molar-refractivity contribution in [3.8, 4) is 0 Å². The summed E-state index contributed by atoms with van der Waals surface area (Å²) in [7, 11) is -3.68. The van der Waals surface area contributed by atoms with E-state index in [1.807, 2.05) is 5.32 Å². The molecule has 0 bridgehead atoms. The zero-order chi connectivity index (χ0) is 17.9. The van der Waals surface area contributed by atoms with Crippen LogP contribution in [0.3, 0.4) is 0 Å². The first-order valence-electron chi connectivity index (χ1n) is 6.93. The number of benzene rings is 2. The Morgan fingerprint density at radius 2 is 1.62 bits per heavy atom. The Balaban J connectivity index is 2.03. The molecule has 8 heteroatoms. The third kappa shape index (κ3) is 4.14. The first-order valence-corrected chi connectivity index (χ1v) is 8.59. The number of hydrogen-bond acceptors (Lipinski definition) is 3. The van der Waals surface area contributed by atoms with Crippen molar-refractivity contribution in [2.45, 2.75) is 18.2 Å². The van der Waals surface area contributed by atoms with Crippen LogP contribution in [0.1, 0.15) is 12.0 Å². The molecule has 0 aliphatic carbocycles. The van der Waals surface area contributed by atoms with Gasteiger partial charge >= 0.3 is 0 Å². The monoisotopic (exact) mass is 357 g/mol. The molecular formula is C16H14F3NO3S. The van der Waals surface area contributed by atoms with Gasteiger partial charge in [-0.2, -0.15) is 0 Å². The third-order valence-electron chi connectivity index (χ3n) is 3.29. The van der Waals surface area contributed by atoms with Crippen molar-refractivity contribution < 1.29 is 26.4 Å². The maximum absolute atomic E-state index is 13.5. The Hall–Kier alpha value is -2.35. The standard InChI is InChI=1S/C16H14F3NO3S/c1-10-2-4-11(5-3-10)24(22,23)9-8-14(21)20-13-7-6-12(17)15(18)16(13)19/h2-7H,8-9H2,1H3,(H,20,21). The fraction of sp³-hybridized carbons (Fsp3) is 0.188. The highest BCUT2D eigenvalue weighted by Gasteiger charge is 2.18. The van der Waals surface area contributed by atoms with E-state index in [4.69, 9.17) is 0 Å². The highest BCUT2D eigenvalue weighted by molar-refractivity contribution is 7.91. The minimum Gasteiger partial charge on any atom is -0.323 e. The molecule has 0 aliphatic heterocycles. The molecule has 2 aromatic carbocycles. The average Bonchev–Trinajstić information content (AvgIpc) is 2.54. The van der Waals surface area contributed by atoms with Crippen LogP contribution >= 0.6 is 0 Å². The summed E-state index contributed by atoms with van der Waals surface area (Å²) >= 11 is 0. The van der Waals surface area contributed by atoms with Crippen molar-refractivity contribution in [2.75, 3.05) is 11.1 Å². The minimum absolute atomic E-state index is 0.0694. The zero-order valence-electron chi connectivity index (χ0n) is 12.6. The van der Waals surface area contributed by atoms with Gasteiger partial charge in [0.2, 0.25) is 5.91 Å². The van der Waals surface area contributed by atoms with Crippen LogP contribution in [0.15, 0.2) is 41.3 Å². The summed E-state index contributed by atoms with van der Waals surface area (Å²) < 4.78 is 63.5. The van der Waals surface area contributed by atoms with Gasteiger partial charge in [0.25, 0.3) is 0 Å². The van der Waals surface area contributed by atoms with Crippen LogP contribution in [0.2, 0.25) is 0 Å². The first kappa shape index (κ1) is 18.0. The summed E-state index contributed by atoms with van der Waals surface area (Å²) in [5.41, 5.74) is 0.340. The van der Waals surface area contributed by atoms with Crippen molar-refractivity contribution in [1.82, 2.24) is 0 Å². The molecule has 0 saturated heterocycles. The summed E-state index contributed by atoms with van der Waals surface area (Å²) in [5, 5.41) is 2.03. The molecule has 0 aliphatic rings. The Morgan fingerprint density at radius 1 is 1.00 bits per heavy atom. The molecule has 0 aromatic heterocycles. The molecule has 0 atom stereocenters. The van der Waals surface area contributed by atoms with E-state index in [0.717, 1.165) is 11.6 Å². The fourth-order valence-electron chi connectivity index (χ4n) is 1.93. The number of hydrogen-bond donors (Lipinski definition) is 1. The molecule has 24 heavy (non-hydrogen) atoms. The first-order chi connectivity index (χ1) is 11.2. The predicted octanol–water partition coefficient (Wildman–Crippen LogP) is 3.21.